The van der Waals surface area contributed by atoms with Gasteiger partial charge in [0.25, 0.3) is 0 Å². The van der Waals surface area contributed by atoms with Gasteiger partial charge in [0.15, 0.2) is 0 Å². The van der Waals surface area contributed by atoms with Crippen LogP contribution in [0.25, 0.3) is 0 Å². The van der Waals surface area contributed by atoms with Crippen molar-refractivity contribution in [3.8, 4) is 6.07 Å². The van der Waals surface area contributed by atoms with E-state index in [1.165, 1.54) is 6.07 Å². The van der Waals surface area contributed by atoms with E-state index in [0.29, 0.717) is 18.9 Å². The minimum absolute atomic E-state index is 0.163. The predicted octanol–water partition coefficient (Wildman–Crippen LogP) is 2.89. The van der Waals surface area contributed by atoms with E-state index in [4.69, 9.17) is 5.26 Å². The quantitative estimate of drug-likeness (QED) is 0.622. The summed E-state index contributed by atoms with van der Waals surface area (Å²) in [5, 5.41) is 19.8. The van der Waals surface area contributed by atoms with Crippen molar-refractivity contribution in [1.82, 2.24) is 4.98 Å². The molecule has 1 heterocycles. The number of hydrogen-bond acceptors (Lipinski definition) is 5. The lowest BCUT2D eigenvalue weighted by Gasteiger charge is -2.22. The first-order chi connectivity index (χ1) is 10.2. The second-order valence-corrected chi connectivity index (χ2v) is 4.41. The monoisotopic (exact) mass is 282 g/mol. The summed E-state index contributed by atoms with van der Waals surface area (Å²) in [5.74, 6) is 0.559. The Kier molecular flexibility index (Phi) is 4.46. The number of nitrogens with zero attached hydrogens (tertiary/aromatic N) is 4. The van der Waals surface area contributed by atoms with Gasteiger partial charge in [-0.2, -0.15) is 5.26 Å². The molecular weight excluding hydrogens is 268 g/mol. The highest BCUT2D eigenvalue weighted by molar-refractivity contribution is 5.51. The highest BCUT2D eigenvalue weighted by atomic mass is 16.6. The van der Waals surface area contributed by atoms with Gasteiger partial charge in [0.05, 0.1) is 4.92 Å². The smallest absolute Gasteiger partial charge is 0.305 e. The largest absolute Gasteiger partial charge is 0.353 e. The first kappa shape index (κ1) is 14.5. The summed E-state index contributed by atoms with van der Waals surface area (Å²) in [6.45, 7) is 3.29. The third-order valence-electron chi connectivity index (χ3n) is 3.08. The summed E-state index contributed by atoms with van der Waals surface area (Å²) in [6.07, 6.45) is 0. The molecule has 0 saturated carbocycles. The predicted molar refractivity (Wildman–Crippen MR) is 78.8 cm³/mol. The molecule has 0 bridgehead atoms. The normalized spacial score (nSPS) is 9.90. The minimum Gasteiger partial charge on any atom is -0.353 e. The van der Waals surface area contributed by atoms with Crippen molar-refractivity contribution in [2.45, 2.75) is 13.5 Å². The van der Waals surface area contributed by atoms with Gasteiger partial charge in [0.1, 0.15) is 11.9 Å². The van der Waals surface area contributed by atoms with E-state index >= 15 is 0 Å². The summed E-state index contributed by atoms with van der Waals surface area (Å²) in [6, 6.07) is 14.5. The Bertz CT molecular complexity index is 680. The van der Waals surface area contributed by atoms with Gasteiger partial charge in [0.2, 0.25) is 5.69 Å². The van der Waals surface area contributed by atoms with E-state index < -0.39 is 4.92 Å². The Morgan fingerprint density at radius 3 is 2.57 bits per heavy atom. The number of nitro groups is 1. The highest BCUT2D eigenvalue weighted by Crippen LogP contribution is 2.21. The lowest BCUT2D eigenvalue weighted by atomic mass is 10.2. The van der Waals surface area contributed by atoms with Crippen LogP contribution in [0.4, 0.5) is 11.5 Å². The molecule has 0 spiro atoms. The van der Waals surface area contributed by atoms with Gasteiger partial charge < -0.3 is 4.90 Å². The zero-order valence-corrected chi connectivity index (χ0v) is 11.6. The molecule has 0 aliphatic heterocycles. The van der Waals surface area contributed by atoms with Crippen LogP contribution in [0.2, 0.25) is 0 Å². The summed E-state index contributed by atoms with van der Waals surface area (Å²) in [4.78, 5) is 16.3. The van der Waals surface area contributed by atoms with Gasteiger partial charge in [-0.25, -0.2) is 4.98 Å². The van der Waals surface area contributed by atoms with Crippen LogP contribution in [-0.2, 0) is 6.54 Å². The standard InChI is InChI=1S/C15H14N4O2/c1-2-18(11-12-6-4-3-5-7-12)15-9-8-14(19(20)21)13(10-16)17-15/h3-9H,2,11H2,1H3. The van der Waals surface area contributed by atoms with Crippen molar-refractivity contribution >= 4 is 11.5 Å². The summed E-state index contributed by atoms with van der Waals surface area (Å²) in [7, 11) is 0. The fourth-order valence-corrected chi connectivity index (χ4v) is 2.01. The van der Waals surface area contributed by atoms with Gasteiger partial charge in [-0.15, -0.1) is 0 Å². The molecule has 21 heavy (non-hydrogen) atoms. The SMILES string of the molecule is CCN(Cc1ccccc1)c1ccc([N+](=O)[O-])c(C#N)n1. The maximum absolute atomic E-state index is 10.8. The van der Waals surface area contributed by atoms with Crippen molar-refractivity contribution in [2.24, 2.45) is 0 Å². The molecule has 1 aromatic heterocycles. The Labute approximate surface area is 122 Å². The van der Waals surface area contributed by atoms with Crippen LogP contribution in [0.1, 0.15) is 18.2 Å². The van der Waals surface area contributed by atoms with Crippen LogP contribution in [0.15, 0.2) is 42.5 Å². The Hall–Kier alpha value is -2.94. The Balaban J connectivity index is 2.31. The molecule has 6 nitrogen and oxygen atoms in total. The average molecular weight is 282 g/mol. The molecule has 1 aromatic carbocycles. The topological polar surface area (TPSA) is 83.1 Å². The molecule has 0 aliphatic rings. The lowest BCUT2D eigenvalue weighted by molar-refractivity contribution is -0.385. The maximum Gasteiger partial charge on any atom is 0.305 e. The number of rotatable bonds is 5. The Morgan fingerprint density at radius 1 is 1.29 bits per heavy atom. The molecule has 0 amide bonds. The van der Waals surface area contributed by atoms with Crippen molar-refractivity contribution in [1.29, 1.82) is 5.26 Å². The van der Waals surface area contributed by atoms with Crippen LogP contribution in [0.5, 0.6) is 0 Å². The highest BCUT2D eigenvalue weighted by Gasteiger charge is 2.17. The van der Waals surface area contributed by atoms with E-state index in [1.54, 1.807) is 12.1 Å². The number of pyridine rings is 1. The Morgan fingerprint density at radius 2 is 2.00 bits per heavy atom. The summed E-state index contributed by atoms with van der Waals surface area (Å²) < 4.78 is 0. The van der Waals surface area contributed by atoms with Crippen LogP contribution < -0.4 is 4.90 Å². The van der Waals surface area contributed by atoms with Gasteiger partial charge in [0, 0.05) is 19.2 Å². The van der Waals surface area contributed by atoms with Crippen LogP contribution in [0, 0.1) is 21.4 Å². The summed E-state index contributed by atoms with van der Waals surface area (Å²) in [5.41, 5.74) is 0.680. The van der Waals surface area contributed by atoms with Crippen LogP contribution in [0.3, 0.4) is 0 Å². The first-order valence-corrected chi connectivity index (χ1v) is 6.50. The number of nitriles is 1. The number of hydrogen-bond donors (Lipinski definition) is 0. The van der Waals surface area contributed by atoms with E-state index in [1.807, 2.05) is 42.2 Å². The van der Waals surface area contributed by atoms with Crippen molar-refractivity contribution in [2.75, 3.05) is 11.4 Å². The van der Waals surface area contributed by atoms with Crippen molar-refractivity contribution in [3.63, 3.8) is 0 Å². The molecule has 0 fully saturated rings. The first-order valence-electron chi connectivity index (χ1n) is 6.50. The fraction of sp³-hybridized carbons (Fsp3) is 0.200. The molecular formula is C15H14N4O2. The van der Waals surface area contributed by atoms with Gasteiger partial charge in [-0.1, -0.05) is 30.3 Å². The molecule has 0 unspecified atom stereocenters. The zero-order chi connectivity index (χ0) is 15.2. The van der Waals surface area contributed by atoms with E-state index in [2.05, 4.69) is 4.98 Å². The van der Waals surface area contributed by atoms with Gasteiger partial charge in [-0.3, -0.25) is 10.1 Å². The molecule has 0 N–H and O–H groups in total. The third-order valence-corrected chi connectivity index (χ3v) is 3.08. The number of anilines is 1. The maximum atomic E-state index is 10.8. The fourth-order valence-electron chi connectivity index (χ4n) is 2.01. The molecule has 106 valence electrons. The number of benzene rings is 1. The van der Waals surface area contributed by atoms with Crippen LogP contribution >= 0.6 is 0 Å². The molecule has 2 rings (SSSR count). The van der Waals surface area contributed by atoms with E-state index in [-0.39, 0.29) is 11.4 Å². The van der Waals surface area contributed by atoms with Crippen molar-refractivity contribution < 1.29 is 4.92 Å². The molecule has 0 atom stereocenters. The van der Waals surface area contributed by atoms with Gasteiger partial charge >= 0.3 is 5.69 Å². The number of aromatic nitrogens is 1. The molecule has 0 aliphatic carbocycles. The molecule has 2 aromatic rings. The second-order valence-electron chi connectivity index (χ2n) is 4.41. The van der Waals surface area contributed by atoms with E-state index in [9.17, 15) is 10.1 Å². The van der Waals surface area contributed by atoms with Crippen molar-refractivity contribution in [3.05, 3.63) is 63.8 Å². The average Bonchev–Trinajstić information content (AvgIpc) is 2.52. The zero-order valence-electron chi connectivity index (χ0n) is 11.6. The lowest BCUT2D eigenvalue weighted by Crippen LogP contribution is -2.23. The van der Waals surface area contributed by atoms with Crippen LogP contribution in [-0.4, -0.2) is 16.5 Å². The van der Waals surface area contributed by atoms with Gasteiger partial charge in [-0.05, 0) is 18.6 Å². The minimum atomic E-state index is -0.594. The third kappa shape index (κ3) is 3.34. The summed E-state index contributed by atoms with van der Waals surface area (Å²) >= 11 is 0. The van der Waals surface area contributed by atoms with E-state index in [0.717, 1.165) is 5.56 Å². The molecule has 0 saturated heterocycles. The molecule has 0 radical (unpaired) electrons. The molecule has 6 heteroatoms. The second kappa shape index (κ2) is 6.48.